The fourth-order valence-corrected chi connectivity index (χ4v) is 3.45. The van der Waals surface area contributed by atoms with Gasteiger partial charge in [0.1, 0.15) is 5.56 Å². The summed E-state index contributed by atoms with van der Waals surface area (Å²) in [6.07, 6.45) is 3.28. The fraction of sp³-hybridized carbons (Fsp3) is 0.636. The van der Waals surface area contributed by atoms with Gasteiger partial charge in [0.15, 0.2) is 0 Å². The van der Waals surface area contributed by atoms with Gasteiger partial charge in [0.2, 0.25) is 0 Å². The first-order chi connectivity index (χ1) is 8.58. The molecule has 1 saturated heterocycles. The highest BCUT2D eigenvalue weighted by molar-refractivity contribution is 7.84. The molecular formula is C11H16N2O4S. The summed E-state index contributed by atoms with van der Waals surface area (Å²) < 4.78 is 18.9. The van der Waals surface area contributed by atoms with Crippen molar-refractivity contribution in [1.82, 2.24) is 9.78 Å². The van der Waals surface area contributed by atoms with Gasteiger partial charge in [0.25, 0.3) is 0 Å². The number of nitrogens with zero attached hydrogens (tertiary/aromatic N) is 2. The quantitative estimate of drug-likeness (QED) is 0.846. The van der Waals surface area contributed by atoms with E-state index < -0.39 is 16.8 Å². The molecular weight excluding hydrogens is 256 g/mol. The zero-order valence-corrected chi connectivity index (χ0v) is 11.0. The van der Waals surface area contributed by atoms with Crippen LogP contribution in [0.3, 0.4) is 0 Å². The van der Waals surface area contributed by atoms with E-state index in [-0.39, 0.29) is 17.4 Å². The number of aryl methyl sites for hydroxylation is 1. The van der Waals surface area contributed by atoms with Crippen molar-refractivity contribution in [2.75, 3.05) is 12.4 Å². The summed E-state index contributed by atoms with van der Waals surface area (Å²) in [4.78, 5) is 11.0. The molecule has 0 aliphatic carbocycles. The van der Waals surface area contributed by atoms with E-state index in [0.29, 0.717) is 11.4 Å². The Bertz CT molecular complexity index is 466. The van der Waals surface area contributed by atoms with Crippen LogP contribution in [0.5, 0.6) is 0 Å². The molecule has 0 saturated carbocycles. The van der Waals surface area contributed by atoms with Gasteiger partial charge in [0, 0.05) is 24.5 Å². The maximum absolute atomic E-state index is 12.0. The molecule has 1 aromatic heterocycles. The third-order valence-corrected chi connectivity index (χ3v) is 4.32. The van der Waals surface area contributed by atoms with Crippen molar-refractivity contribution in [3.63, 3.8) is 0 Å². The molecule has 2 atom stereocenters. The average Bonchev–Trinajstić information content (AvgIpc) is 2.90. The summed E-state index contributed by atoms with van der Waals surface area (Å²) >= 11 is 0. The predicted molar refractivity (Wildman–Crippen MR) is 65.9 cm³/mol. The minimum Gasteiger partial charge on any atom is -0.478 e. The largest absolute Gasteiger partial charge is 0.478 e. The zero-order chi connectivity index (χ0) is 13.1. The molecule has 1 aliphatic rings. The number of carbonyl (C=O) groups is 1. The maximum atomic E-state index is 12.0. The van der Waals surface area contributed by atoms with Crippen molar-refractivity contribution >= 4 is 16.8 Å². The van der Waals surface area contributed by atoms with Crippen LogP contribution in [0.1, 0.15) is 28.9 Å². The number of hydrogen-bond donors (Lipinski definition) is 1. The normalized spacial score (nSPS) is 21.1. The van der Waals surface area contributed by atoms with E-state index >= 15 is 0 Å². The van der Waals surface area contributed by atoms with Crippen LogP contribution in [0, 0.1) is 0 Å². The number of aromatic carboxylic acids is 1. The monoisotopic (exact) mass is 272 g/mol. The van der Waals surface area contributed by atoms with E-state index in [1.54, 1.807) is 7.05 Å². The Balaban J connectivity index is 2.01. The smallest absolute Gasteiger partial charge is 0.339 e. The van der Waals surface area contributed by atoms with Crippen LogP contribution in [-0.4, -0.2) is 43.5 Å². The standard InChI is InChI=1S/C11H16N2O4S/c1-13-10(9(5-12-13)11(14)15)7-18(16)6-8-3-2-4-17-8/h5,8H,2-4,6-7H2,1H3,(H,14,15). The minimum atomic E-state index is -1.13. The molecule has 100 valence electrons. The summed E-state index contributed by atoms with van der Waals surface area (Å²) in [7, 11) is 0.532. The maximum Gasteiger partial charge on any atom is 0.339 e. The highest BCUT2D eigenvalue weighted by atomic mass is 32.2. The summed E-state index contributed by atoms with van der Waals surface area (Å²) in [5.74, 6) is -0.366. The number of carboxylic acids is 1. The molecule has 2 heterocycles. The number of aromatic nitrogens is 2. The Kier molecular flexibility index (Phi) is 4.13. The average molecular weight is 272 g/mol. The summed E-state index contributed by atoms with van der Waals surface area (Å²) in [5, 5.41) is 12.9. The van der Waals surface area contributed by atoms with Crippen LogP contribution in [0.4, 0.5) is 0 Å². The second-order valence-corrected chi connectivity index (χ2v) is 5.82. The second kappa shape index (κ2) is 5.62. The van der Waals surface area contributed by atoms with Gasteiger partial charge in [0.05, 0.1) is 29.5 Å². The number of ether oxygens (including phenoxy) is 1. The predicted octanol–water partition coefficient (Wildman–Crippen LogP) is 0.546. The lowest BCUT2D eigenvalue weighted by atomic mass is 10.3. The highest BCUT2D eigenvalue weighted by Crippen LogP contribution is 2.16. The van der Waals surface area contributed by atoms with E-state index in [1.807, 2.05) is 0 Å². The van der Waals surface area contributed by atoms with Crippen LogP contribution >= 0.6 is 0 Å². The second-order valence-electron chi connectivity index (χ2n) is 4.32. The Morgan fingerprint density at radius 1 is 1.72 bits per heavy atom. The molecule has 1 fully saturated rings. The lowest BCUT2D eigenvalue weighted by Crippen LogP contribution is -2.18. The van der Waals surface area contributed by atoms with E-state index in [4.69, 9.17) is 9.84 Å². The third kappa shape index (κ3) is 2.97. The molecule has 0 amide bonds. The minimum absolute atomic E-state index is 0.0485. The number of hydrogen-bond acceptors (Lipinski definition) is 4. The van der Waals surface area contributed by atoms with Crippen LogP contribution in [0.2, 0.25) is 0 Å². The van der Waals surface area contributed by atoms with Gasteiger partial charge in [-0.1, -0.05) is 0 Å². The van der Waals surface area contributed by atoms with Crippen LogP contribution < -0.4 is 0 Å². The van der Waals surface area contributed by atoms with Crippen molar-refractivity contribution in [1.29, 1.82) is 0 Å². The molecule has 2 unspecified atom stereocenters. The molecule has 7 heteroatoms. The number of rotatable bonds is 5. The lowest BCUT2D eigenvalue weighted by molar-refractivity contribution is 0.0696. The Morgan fingerprint density at radius 2 is 2.50 bits per heavy atom. The first-order valence-corrected chi connectivity index (χ1v) is 7.27. The van der Waals surface area contributed by atoms with Crippen LogP contribution in [-0.2, 0) is 28.3 Å². The topological polar surface area (TPSA) is 81.4 Å². The summed E-state index contributed by atoms with van der Waals surface area (Å²) in [5.41, 5.74) is 0.622. The summed E-state index contributed by atoms with van der Waals surface area (Å²) in [6.45, 7) is 0.730. The third-order valence-electron chi connectivity index (χ3n) is 2.99. The van der Waals surface area contributed by atoms with Crippen molar-refractivity contribution in [2.24, 2.45) is 7.05 Å². The molecule has 0 bridgehead atoms. The van der Waals surface area contributed by atoms with Crippen molar-refractivity contribution in [3.8, 4) is 0 Å². The number of carboxylic acid groups (broad SMARTS) is 1. The van der Waals surface area contributed by atoms with Gasteiger partial charge in [-0.15, -0.1) is 0 Å². The summed E-state index contributed by atoms with van der Waals surface area (Å²) in [6, 6.07) is 0. The van der Waals surface area contributed by atoms with Gasteiger partial charge in [-0.25, -0.2) is 4.79 Å². The molecule has 6 nitrogen and oxygen atoms in total. The first-order valence-electron chi connectivity index (χ1n) is 5.78. The zero-order valence-electron chi connectivity index (χ0n) is 10.2. The van der Waals surface area contributed by atoms with Gasteiger partial charge < -0.3 is 9.84 Å². The van der Waals surface area contributed by atoms with E-state index in [0.717, 1.165) is 19.4 Å². The molecule has 1 N–H and O–H groups in total. The molecule has 0 radical (unpaired) electrons. The SMILES string of the molecule is Cn1ncc(C(=O)O)c1CS(=O)CC1CCCO1. The molecule has 1 aliphatic heterocycles. The molecule has 0 spiro atoms. The van der Waals surface area contributed by atoms with Crippen LogP contribution in [0.15, 0.2) is 6.20 Å². The van der Waals surface area contributed by atoms with Crippen molar-refractivity contribution < 1.29 is 18.8 Å². The molecule has 0 aromatic carbocycles. The van der Waals surface area contributed by atoms with Gasteiger partial charge in [-0.3, -0.25) is 8.89 Å². The van der Waals surface area contributed by atoms with Crippen molar-refractivity contribution in [3.05, 3.63) is 17.5 Å². The van der Waals surface area contributed by atoms with Crippen LogP contribution in [0.25, 0.3) is 0 Å². The Hall–Kier alpha value is -1.21. The molecule has 18 heavy (non-hydrogen) atoms. The molecule has 1 aromatic rings. The van der Waals surface area contributed by atoms with E-state index in [2.05, 4.69) is 5.10 Å². The van der Waals surface area contributed by atoms with Gasteiger partial charge in [-0.05, 0) is 12.8 Å². The lowest BCUT2D eigenvalue weighted by Gasteiger charge is -2.09. The first kappa shape index (κ1) is 13.2. The fourth-order valence-electron chi connectivity index (χ4n) is 2.01. The van der Waals surface area contributed by atoms with Gasteiger partial charge in [-0.2, -0.15) is 5.10 Å². The van der Waals surface area contributed by atoms with Gasteiger partial charge >= 0.3 is 5.97 Å². The van der Waals surface area contributed by atoms with E-state index in [9.17, 15) is 9.00 Å². The van der Waals surface area contributed by atoms with E-state index in [1.165, 1.54) is 10.9 Å². The highest BCUT2D eigenvalue weighted by Gasteiger charge is 2.21. The Labute approximate surface area is 107 Å². The Morgan fingerprint density at radius 3 is 3.11 bits per heavy atom. The molecule has 2 rings (SSSR count). The van der Waals surface area contributed by atoms with Crippen molar-refractivity contribution in [2.45, 2.75) is 24.7 Å².